The van der Waals surface area contributed by atoms with Crippen LogP contribution in [0.2, 0.25) is 0 Å². The van der Waals surface area contributed by atoms with E-state index >= 15 is 0 Å². The molecular formula is C52H46Cl2N8. The van der Waals surface area contributed by atoms with E-state index in [1.807, 2.05) is 6.08 Å². The highest BCUT2D eigenvalue weighted by Crippen LogP contribution is 2.55. The maximum absolute atomic E-state index is 8.36. The van der Waals surface area contributed by atoms with Crippen LogP contribution >= 0.6 is 23.2 Å². The third-order valence-corrected chi connectivity index (χ3v) is 14.2. The Hall–Kier alpha value is -6.48. The fourth-order valence-electron chi connectivity index (χ4n) is 9.92. The van der Waals surface area contributed by atoms with Gasteiger partial charge in [0.15, 0.2) is 5.00 Å². The van der Waals surface area contributed by atoms with Gasteiger partial charge >= 0.3 is 0 Å². The summed E-state index contributed by atoms with van der Waals surface area (Å²) in [5, 5.41) is 1.88. The maximum atomic E-state index is 8.36. The van der Waals surface area contributed by atoms with Crippen LogP contribution in [0, 0.1) is 0 Å². The van der Waals surface area contributed by atoms with Crippen LogP contribution in [0.5, 0.6) is 0 Å². The SMILES string of the molecule is CN1C=C(C2=C3C=CC(=N3)C(C3=CN(C)CC=C3)=c3ccc([nH]3)=C(C3=CN(C)c4ccccc4C3)C3=NC(Cl)(C=C3)C(Cl)(C3=CN(C)c4ccccc4C3)c3ccc2[nH]3)C=CC1. The molecule has 62 heavy (non-hydrogen) atoms. The molecule has 0 amide bonds. The molecule has 11 rings (SSSR count). The number of aromatic amines is 2. The summed E-state index contributed by atoms with van der Waals surface area (Å²) in [6.07, 6.45) is 27.1. The highest BCUT2D eigenvalue weighted by atomic mass is 35.5. The van der Waals surface area contributed by atoms with Crippen LogP contribution in [0.15, 0.2) is 184 Å². The molecule has 2 atom stereocenters. The molecule has 8 bridgehead atoms. The van der Waals surface area contributed by atoms with E-state index in [0.29, 0.717) is 12.8 Å². The van der Waals surface area contributed by atoms with E-state index in [1.165, 1.54) is 16.8 Å². The number of fused-ring (bicyclic) bond motifs is 8. The van der Waals surface area contributed by atoms with Crippen molar-refractivity contribution in [2.24, 2.45) is 9.98 Å². The lowest BCUT2D eigenvalue weighted by Crippen LogP contribution is -2.44. The third-order valence-electron chi connectivity index (χ3n) is 12.8. The van der Waals surface area contributed by atoms with Gasteiger partial charge in [-0.25, -0.2) is 4.99 Å². The minimum Gasteiger partial charge on any atom is -0.376 e. The molecule has 308 valence electrons. The Morgan fingerprint density at radius 1 is 0.597 bits per heavy atom. The molecular weight excluding hydrogens is 808 g/mol. The second kappa shape index (κ2) is 14.6. The number of para-hydroxylation sites is 2. The number of anilines is 2. The minimum atomic E-state index is -1.43. The number of H-pyrrole nitrogens is 2. The highest BCUT2D eigenvalue weighted by molar-refractivity contribution is 6.41. The van der Waals surface area contributed by atoms with Crippen LogP contribution in [0.25, 0.3) is 16.7 Å². The lowest BCUT2D eigenvalue weighted by atomic mass is 9.82. The largest absolute Gasteiger partial charge is 0.376 e. The van der Waals surface area contributed by atoms with Gasteiger partial charge in [0.2, 0.25) is 0 Å². The van der Waals surface area contributed by atoms with Gasteiger partial charge in [-0.3, -0.25) is 4.99 Å². The van der Waals surface area contributed by atoms with Gasteiger partial charge in [-0.05, 0) is 89.4 Å². The standard InChI is InChI=1S/C52H46Cl2N8/c1-59-25-9-13-35(29-59)48-39-17-18-41(55-39)49(36-14-10-26-60(2)30-36)43-21-22-47(57-43)52(54,38-28-34-12-6-8-16-46(34)62(4)32-38)51(53)24-23-44(58-51)50(42-20-19-40(48)56-42)37-27-33-11-5-7-15-45(33)61(3)31-37/h5-24,29-32,56-57H,25-28H2,1-4H3. The molecule has 2 aromatic carbocycles. The fraction of sp³-hybridized carbons (Fsp3) is 0.192. The van der Waals surface area contributed by atoms with Gasteiger partial charge < -0.3 is 29.6 Å². The number of alkyl halides is 2. The summed E-state index contributed by atoms with van der Waals surface area (Å²) in [6, 6.07) is 25.6. The summed E-state index contributed by atoms with van der Waals surface area (Å²) in [5.74, 6) is 0. The molecule has 0 radical (unpaired) electrons. The van der Waals surface area contributed by atoms with Crippen molar-refractivity contribution < 1.29 is 0 Å². The van der Waals surface area contributed by atoms with E-state index in [2.05, 4.69) is 198 Å². The van der Waals surface area contributed by atoms with Crippen molar-refractivity contribution in [2.75, 3.05) is 51.1 Å². The predicted molar refractivity (Wildman–Crippen MR) is 257 cm³/mol. The van der Waals surface area contributed by atoms with E-state index in [-0.39, 0.29) is 0 Å². The summed E-state index contributed by atoms with van der Waals surface area (Å²) in [5.41, 5.74) is 15.9. The number of hydrogen-bond acceptors (Lipinski definition) is 6. The Morgan fingerprint density at radius 2 is 1.24 bits per heavy atom. The molecule has 2 unspecified atom stereocenters. The zero-order chi connectivity index (χ0) is 42.3. The van der Waals surface area contributed by atoms with Crippen LogP contribution in [0.3, 0.4) is 0 Å². The predicted octanol–water partition coefficient (Wildman–Crippen LogP) is 8.38. The van der Waals surface area contributed by atoms with Crippen molar-refractivity contribution in [1.82, 2.24) is 19.8 Å². The van der Waals surface area contributed by atoms with E-state index in [0.717, 1.165) is 97.0 Å². The second-order valence-electron chi connectivity index (χ2n) is 17.1. The molecule has 9 heterocycles. The first-order valence-corrected chi connectivity index (χ1v) is 21.9. The van der Waals surface area contributed by atoms with Crippen LogP contribution in [-0.2, 0) is 17.7 Å². The molecule has 4 aromatic rings. The number of aliphatic imine (C=N–C) groups is 2. The molecule has 0 saturated carbocycles. The molecule has 7 aliphatic rings. The van der Waals surface area contributed by atoms with Gasteiger partial charge in [0.1, 0.15) is 4.87 Å². The van der Waals surface area contributed by atoms with E-state index in [1.54, 1.807) is 0 Å². The Labute approximate surface area is 372 Å². The highest BCUT2D eigenvalue weighted by Gasteiger charge is 2.55. The molecule has 2 aromatic heterocycles. The molecule has 0 spiro atoms. The zero-order valence-electron chi connectivity index (χ0n) is 35.1. The summed E-state index contributed by atoms with van der Waals surface area (Å²) >= 11 is 16.5. The zero-order valence-corrected chi connectivity index (χ0v) is 36.6. The molecule has 2 N–H and O–H groups in total. The van der Waals surface area contributed by atoms with Gasteiger partial charge in [0.25, 0.3) is 0 Å². The van der Waals surface area contributed by atoms with Crippen LogP contribution in [-0.4, -0.2) is 77.5 Å². The van der Waals surface area contributed by atoms with E-state index in [4.69, 9.17) is 33.2 Å². The maximum Gasteiger partial charge on any atom is 0.181 e. The molecule has 0 saturated heterocycles. The van der Waals surface area contributed by atoms with Crippen molar-refractivity contribution in [1.29, 1.82) is 0 Å². The summed E-state index contributed by atoms with van der Waals surface area (Å²) < 4.78 is 0. The first kappa shape index (κ1) is 38.4. The summed E-state index contributed by atoms with van der Waals surface area (Å²) in [4.78, 5) is 24.8. The average molecular weight is 854 g/mol. The fourth-order valence-corrected chi connectivity index (χ4v) is 10.6. The quantitative estimate of drug-likeness (QED) is 0.160. The average Bonchev–Trinajstić information content (AvgIpc) is 4.11. The third kappa shape index (κ3) is 6.18. The van der Waals surface area contributed by atoms with Crippen molar-refractivity contribution >= 4 is 62.7 Å². The summed E-state index contributed by atoms with van der Waals surface area (Å²) in [6.45, 7) is 1.66. The molecule has 7 aliphatic heterocycles. The van der Waals surface area contributed by atoms with E-state index in [9.17, 15) is 0 Å². The molecule has 8 nitrogen and oxygen atoms in total. The smallest absolute Gasteiger partial charge is 0.181 e. The van der Waals surface area contributed by atoms with Crippen molar-refractivity contribution in [3.8, 4) is 0 Å². The first-order chi connectivity index (χ1) is 30.1. The molecule has 10 heteroatoms. The van der Waals surface area contributed by atoms with Crippen molar-refractivity contribution in [3.05, 3.63) is 207 Å². The number of halogens is 2. The van der Waals surface area contributed by atoms with Gasteiger partial charge in [0, 0.05) is 134 Å². The topological polar surface area (TPSA) is 69.3 Å². The Morgan fingerprint density at radius 3 is 1.95 bits per heavy atom. The minimum absolute atomic E-state index is 0.593. The number of allylic oxidation sites excluding steroid dienone is 9. The van der Waals surface area contributed by atoms with Gasteiger partial charge in [-0.1, -0.05) is 72.3 Å². The lowest BCUT2D eigenvalue weighted by molar-refractivity contribution is 0.502. The first-order valence-electron chi connectivity index (χ1n) is 21.1. The lowest BCUT2D eigenvalue weighted by Gasteiger charge is -2.41. The summed E-state index contributed by atoms with van der Waals surface area (Å²) in [7, 11) is 8.37. The number of benzene rings is 2. The van der Waals surface area contributed by atoms with Crippen molar-refractivity contribution in [2.45, 2.75) is 22.7 Å². The van der Waals surface area contributed by atoms with Gasteiger partial charge in [-0.15, -0.1) is 11.6 Å². The number of hydrogen-bond donors (Lipinski definition) is 2. The monoisotopic (exact) mass is 852 g/mol. The Bertz CT molecular complexity index is 3080. The number of likely N-dealkylation sites (N-methyl/N-ethyl adjacent to an activating group) is 2. The van der Waals surface area contributed by atoms with Gasteiger partial charge in [-0.2, -0.15) is 0 Å². The van der Waals surface area contributed by atoms with Crippen LogP contribution in [0.4, 0.5) is 11.4 Å². The number of aromatic nitrogens is 2. The van der Waals surface area contributed by atoms with Crippen LogP contribution < -0.4 is 20.5 Å². The second-order valence-corrected chi connectivity index (χ2v) is 18.2. The molecule has 0 aliphatic carbocycles. The Kier molecular flexibility index (Phi) is 9.04. The number of nitrogens with zero attached hydrogens (tertiary/aromatic N) is 6. The van der Waals surface area contributed by atoms with Gasteiger partial charge in [0.05, 0.1) is 17.1 Å². The molecule has 0 fully saturated rings. The van der Waals surface area contributed by atoms with Crippen molar-refractivity contribution in [3.63, 3.8) is 0 Å². The van der Waals surface area contributed by atoms with E-state index < -0.39 is 9.87 Å². The number of rotatable bonds is 4. The Balaban J connectivity index is 1.22. The van der Waals surface area contributed by atoms with Crippen LogP contribution in [0.1, 0.15) is 22.5 Å². The normalized spacial score (nSPS) is 23.9. The number of nitrogens with one attached hydrogen (secondary N) is 2.